The third-order valence-corrected chi connectivity index (χ3v) is 6.66. The number of hydrogen-bond acceptors (Lipinski definition) is 6. The van der Waals surface area contributed by atoms with Gasteiger partial charge in [-0.05, 0) is 100 Å². The van der Waals surface area contributed by atoms with Gasteiger partial charge in [0.05, 0.1) is 14.2 Å². The molecule has 0 amide bonds. The van der Waals surface area contributed by atoms with Crippen LogP contribution in [-0.4, -0.2) is 46.7 Å². The Morgan fingerprint density at radius 2 is 1.13 bits per heavy atom. The van der Waals surface area contributed by atoms with E-state index in [-0.39, 0.29) is 0 Å². The first-order chi connectivity index (χ1) is 19.0. The molecule has 0 saturated heterocycles. The zero-order valence-electron chi connectivity index (χ0n) is 23.9. The molecule has 0 aliphatic carbocycles. The van der Waals surface area contributed by atoms with Crippen LogP contribution in [0, 0.1) is 0 Å². The smallest absolute Gasteiger partial charge is 0.143 e. The molecule has 206 valence electrons. The number of ether oxygens (including phenoxy) is 3. The van der Waals surface area contributed by atoms with Crippen molar-refractivity contribution in [1.29, 1.82) is 0 Å². The predicted molar refractivity (Wildman–Crippen MR) is 163 cm³/mol. The Kier molecular flexibility index (Phi) is 11.0. The van der Waals surface area contributed by atoms with E-state index in [2.05, 4.69) is 49.6 Å². The van der Waals surface area contributed by atoms with Crippen molar-refractivity contribution in [3.8, 4) is 11.5 Å². The summed E-state index contributed by atoms with van der Waals surface area (Å²) in [5, 5.41) is 0. The Morgan fingerprint density at radius 3 is 1.49 bits per heavy atom. The minimum Gasteiger partial charge on any atom is -0.496 e. The third kappa shape index (κ3) is 7.66. The molecule has 2 aromatic rings. The van der Waals surface area contributed by atoms with E-state index in [1.54, 1.807) is 14.2 Å². The van der Waals surface area contributed by atoms with Crippen LogP contribution >= 0.6 is 0 Å². The summed E-state index contributed by atoms with van der Waals surface area (Å²) in [5.41, 5.74) is 4.86. The standard InChI is InChI=1S/C33H40N2O4/c1-7-34(8-2)28-15-11-26(32(23-28)37-5)13-17-30-21-25(19-20-36)22-31(39-30)18-14-27-12-16-29(24-33(27)38-6)35(9-3)10-4/h11-24H,7-10H2,1-6H3/b17-13+,18-14+. The maximum atomic E-state index is 11.2. The highest BCUT2D eigenvalue weighted by molar-refractivity contribution is 5.71. The molecule has 3 rings (SSSR count). The van der Waals surface area contributed by atoms with Gasteiger partial charge in [0.2, 0.25) is 0 Å². The van der Waals surface area contributed by atoms with Crippen LogP contribution in [0.15, 0.2) is 83.9 Å². The van der Waals surface area contributed by atoms with Crippen LogP contribution in [0.5, 0.6) is 11.5 Å². The summed E-state index contributed by atoms with van der Waals surface area (Å²) in [5.74, 6) is 2.80. The molecule has 2 aromatic carbocycles. The molecular formula is C33H40N2O4. The van der Waals surface area contributed by atoms with Gasteiger partial charge in [-0.15, -0.1) is 0 Å². The number of nitrogens with zero attached hydrogens (tertiary/aromatic N) is 2. The monoisotopic (exact) mass is 528 g/mol. The highest BCUT2D eigenvalue weighted by Gasteiger charge is 2.11. The summed E-state index contributed by atoms with van der Waals surface area (Å²) in [4.78, 5) is 15.8. The number of carbonyl (C=O) groups is 1. The van der Waals surface area contributed by atoms with E-state index in [0.717, 1.165) is 72.0 Å². The largest absolute Gasteiger partial charge is 0.496 e. The molecule has 0 fully saturated rings. The number of rotatable bonds is 13. The molecule has 0 N–H and O–H groups in total. The lowest BCUT2D eigenvalue weighted by Gasteiger charge is -2.22. The van der Waals surface area contributed by atoms with Gasteiger partial charge >= 0.3 is 0 Å². The van der Waals surface area contributed by atoms with Crippen LogP contribution in [0.1, 0.15) is 38.8 Å². The summed E-state index contributed by atoms with van der Waals surface area (Å²) >= 11 is 0. The number of benzene rings is 2. The quantitative estimate of drug-likeness (QED) is 0.205. The maximum Gasteiger partial charge on any atom is 0.143 e. The van der Waals surface area contributed by atoms with Gasteiger partial charge < -0.3 is 24.0 Å². The molecule has 0 atom stereocenters. The van der Waals surface area contributed by atoms with E-state index < -0.39 is 0 Å². The van der Waals surface area contributed by atoms with Crippen LogP contribution in [0.4, 0.5) is 11.4 Å². The van der Waals surface area contributed by atoms with Crippen molar-refractivity contribution in [3.05, 3.63) is 95.0 Å². The van der Waals surface area contributed by atoms with Gasteiger partial charge in [0.15, 0.2) is 0 Å². The number of aldehydes is 1. The fraction of sp³-hybridized carbons (Fsp3) is 0.303. The fourth-order valence-corrected chi connectivity index (χ4v) is 4.49. The van der Waals surface area contributed by atoms with E-state index in [1.165, 1.54) is 6.08 Å². The number of anilines is 2. The molecule has 0 radical (unpaired) electrons. The molecule has 6 nitrogen and oxygen atoms in total. The maximum absolute atomic E-state index is 11.2. The Hall–Kier alpha value is -4.19. The van der Waals surface area contributed by atoms with E-state index in [9.17, 15) is 4.79 Å². The Bertz CT molecular complexity index is 1190. The average Bonchev–Trinajstić information content (AvgIpc) is 2.96. The Balaban J connectivity index is 1.84. The molecule has 1 aliphatic rings. The zero-order chi connectivity index (χ0) is 28.2. The third-order valence-electron chi connectivity index (χ3n) is 6.66. The molecule has 0 spiro atoms. The van der Waals surface area contributed by atoms with E-state index in [0.29, 0.717) is 11.5 Å². The summed E-state index contributed by atoms with van der Waals surface area (Å²) in [7, 11) is 3.35. The van der Waals surface area contributed by atoms with Crippen LogP contribution in [0.25, 0.3) is 12.2 Å². The molecule has 6 heteroatoms. The van der Waals surface area contributed by atoms with Gasteiger partial charge in [0, 0.05) is 60.8 Å². The highest BCUT2D eigenvalue weighted by atomic mass is 16.5. The fourth-order valence-electron chi connectivity index (χ4n) is 4.49. The first kappa shape index (κ1) is 29.4. The van der Waals surface area contributed by atoms with E-state index >= 15 is 0 Å². The van der Waals surface area contributed by atoms with Gasteiger partial charge in [-0.3, -0.25) is 4.79 Å². The average molecular weight is 529 g/mol. The zero-order valence-corrected chi connectivity index (χ0v) is 23.9. The molecule has 0 unspecified atom stereocenters. The molecule has 0 bridgehead atoms. The topological polar surface area (TPSA) is 51.2 Å². The molecule has 39 heavy (non-hydrogen) atoms. The van der Waals surface area contributed by atoms with Crippen molar-refractivity contribution < 1.29 is 19.0 Å². The minimum atomic E-state index is 0.615. The van der Waals surface area contributed by atoms with Crippen LogP contribution in [0.2, 0.25) is 0 Å². The van der Waals surface area contributed by atoms with Gasteiger partial charge in [-0.25, -0.2) is 0 Å². The normalized spacial score (nSPS) is 13.1. The second-order valence-electron chi connectivity index (χ2n) is 8.86. The second kappa shape index (κ2) is 14.7. The van der Waals surface area contributed by atoms with Crippen molar-refractivity contribution >= 4 is 29.8 Å². The van der Waals surface area contributed by atoms with Gasteiger partial charge in [-0.1, -0.05) is 0 Å². The van der Waals surface area contributed by atoms with Crippen molar-refractivity contribution in [2.45, 2.75) is 27.7 Å². The number of allylic oxidation sites excluding steroid dienone is 6. The lowest BCUT2D eigenvalue weighted by molar-refractivity contribution is -0.104. The lowest BCUT2D eigenvalue weighted by Crippen LogP contribution is -2.21. The van der Waals surface area contributed by atoms with Gasteiger partial charge in [-0.2, -0.15) is 0 Å². The van der Waals surface area contributed by atoms with E-state index in [1.807, 2.05) is 60.7 Å². The van der Waals surface area contributed by atoms with Crippen LogP contribution in [0.3, 0.4) is 0 Å². The summed E-state index contributed by atoms with van der Waals surface area (Å²) in [6, 6.07) is 12.4. The van der Waals surface area contributed by atoms with Crippen molar-refractivity contribution in [2.24, 2.45) is 0 Å². The highest BCUT2D eigenvalue weighted by Crippen LogP contribution is 2.30. The Morgan fingerprint density at radius 1 is 0.692 bits per heavy atom. The molecule has 1 aliphatic heterocycles. The van der Waals surface area contributed by atoms with Crippen molar-refractivity contribution in [1.82, 2.24) is 0 Å². The van der Waals surface area contributed by atoms with Gasteiger partial charge in [0.1, 0.15) is 29.3 Å². The summed E-state index contributed by atoms with van der Waals surface area (Å²) in [6.07, 6.45) is 13.6. The van der Waals surface area contributed by atoms with Crippen molar-refractivity contribution in [2.75, 3.05) is 50.2 Å². The first-order valence-corrected chi connectivity index (χ1v) is 13.5. The molecule has 0 saturated carbocycles. The van der Waals surface area contributed by atoms with Crippen LogP contribution in [-0.2, 0) is 9.53 Å². The Labute approximate surface area is 233 Å². The van der Waals surface area contributed by atoms with Crippen molar-refractivity contribution in [3.63, 3.8) is 0 Å². The van der Waals surface area contributed by atoms with Gasteiger partial charge in [0.25, 0.3) is 0 Å². The summed E-state index contributed by atoms with van der Waals surface area (Å²) in [6.45, 7) is 12.3. The van der Waals surface area contributed by atoms with Crippen LogP contribution < -0.4 is 19.3 Å². The van der Waals surface area contributed by atoms with E-state index in [4.69, 9.17) is 14.2 Å². The molecule has 0 aromatic heterocycles. The lowest BCUT2D eigenvalue weighted by atomic mass is 10.1. The molecular weight excluding hydrogens is 488 g/mol. The number of carbonyl (C=O) groups excluding carboxylic acids is 1. The number of hydrogen-bond donors (Lipinski definition) is 0. The molecule has 1 heterocycles. The first-order valence-electron chi connectivity index (χ1n) is 13.5. The summed E-state index contributed by atoms with van der Waals surface area (Å²) < 4.78 is 17.5. The number of methoxy groups -OCH3 is 2. The SMILES string of the molecule is CCN(CC)c1ccc(/C=C/C2=CC(=CC=O)C=C(/C=C/c3ccc(N(CC)CC)cc3OC)O2)c(OC)c1. The second-order valence-corrected chi connectivity index (χ2v) is 8.86. The minimum absolute atomic E-state index is 0.615. The predicted octanol–water partition coefficient (Wildman–Crippen LogP) is 7.05.